The summed E-state index contributed by atoms with van der Waals surface area (Å²) in [5.74, 6) is 1.93. The largest absolute Gasteiger partial charge is 0.307 e. The Labute approximate surface area is 360 Å². The number of nitrogens with zero attached hydrogens (tertiary/aromatic N) is 5. The molecule has 63 heavy (non-hydrogen) atoms. The van der Waals surface area contributed by atoms with Crippen LogP contribution in [-0.4, -0.2) is 23.8 Å². The topological polar surface area (TPSA) is 47.5 Å². The van der Waals surface area contributed by atoms with E-state index in [-0.39, 0.29) is 0 Å². The standard InChI is InChI=1S/C58H33N5/c1-3-17-34(18-4-1)55-59-56(35-19-5-2-6-20-35)61-57(60-55)41-33-45-52-51-44(58(45)42-26-11-7-21-36(42)37-22-8-12-27-43(37)58)28-16-31-48(51)62-46-29-13-9-23-38(46)39-25-15-32-49(53(39)62)63-47-30-14-10-24-40(47)50(41)54(52)63/h1-33H. The van der Waals surface area contributed by atoms with E-state index < -0.39 is 5.41 Å². The fourth-order valence-electron chi connectivity index (χ4n) is 11.8. The number of benzene rings is 9. The maximum absolute atomic E-state index is 5.47. The molecule has 5 nitrogen and oxygen atoms in total. The predicted octanol–water partition coefficient (Wildman–Crippen LogP) is 13.8. The Kier molecular flexibility index (Phi) is 6.30. The van der Waals surface area contributed by atoms with Gasteiger partial charge >= 0.3 is 0 Å². The molecule has 0 fully saturated rings. The minimum Gasteiger partial charge on any atom is -0.307 e. The van der Waals surface area contributed by atoms with Gasteiger partial charge in [-0.15, -0.1) is 0 Å². The van der Waals surface area contributed by atoms with E-state index in [2.05, 4.69) is 173 Å². The van der Waals surface area contributed by atoms with Gasteiger partial charge in [-0.2, -0.15) is 0 Å². The molecule has 15 rings (SSSR count). The van der Waals surface area contributed by atoms with E-state index in [1.54, 1.807) is 0 Å². The maximum atomic E-state index is 5.47. The molecule has 0 amide bonds. The normalized spacial score (nSPS) is 13.5. The second kappa shape index (κ2) is 11.9. The van der Waals surface area contributed by atoms with Crippen molar-refractivity contribution in [2.24, 2.45) is 0 Å². The number of hydrogen-bond donors (Lipinski definition) is 0. The van der Waals surface area contributed by atoms with Crippen LogP contribution in [0.5, 0.6) is 0 Å². The number of fused-ring (bicyclic) bond motifs is 15. The summed E-state index contributed by atoms with van der Waals surface area (Å²) >= 11 is 0. The highest BCUT2D eigenvalue weighted by atomic mass is 15.0. The number of aromatic nitrogens is 5. The minimum atomic E-state index is -0.631. The molecule has 4 heterocycles. The van der Waals surface area contributed by atoms with Gasteiger partial charge in [0.05, 0.1) is 38.5 Å². The van der Waals surface area contributed by atoms with Crippen molar-refractivity contribution in [1.29, 1.82) is 0 Å². The summed E-state index contributed by atoms with van der Waals surface area (Å²) < 4.78 is 5.11. The van der Waals surface area contributed by atoms with Gasteiger partial charge in [0, 0.05) is 49.0 Å². The molecule has 0 radical (unpaired) electrons. The van der Waals surface area contributed by atoms with E-state index in [1.165, 1.54) is 77.0 Å². The van der Waals surface area contributed by atoms with Crippen LogP contribution in [0.1, 0.15) is 22.3 Å². The van der Waals surface area contributed by atoms with Gasteiger partial charge in [0.1, 0.15) is 0 Å². The number of rotatable bonds is 3. The molecule has 0 saturated carbocycles. The third-order valence-electron chi connectivity index (χ3n) is 14.1. The summed E-state index contributed by atoms with van der Waals surface area (Å²) in [6, 6.07) is 72.9. The molecule has 2 aliphatic carbocycles. The molecule has 0 atom stereocenters. The van der Waals surface area contributed by atoms with Crippen LogP contribution in [0.3, 0.4) is 0 Å². The van der Waals surface area contributed by atoms with E-state index in [0.29, 0.717) is 17.5 Å². The van der Waals surface area contributed by atoms with Gasteiger partial charge < -0.3 is 8.80 Å². The van der Waals surface area contributed by atoms with Crippen LogP contribution in [0.25, 0.3) is 111 Å². The summed E-state index contributed by atoms with van der Waals surface area (Å²) in [6.07, 6.45) is 0. The van der Waals surface area contributed by atoms with Crippen molar-refractivity contribution in [3.63, 3.8) is 0 Å². The van der Waals surface area contributed by atoms with Crippen LogP contribution < -0.4 is 0 Å². The summed E-state index contributed by atoms with van der Waals surface area (Å²) in [6.45, 7) is 0. The van der Waals surface area contributed by atoms with E-state index >= 15 is 0 Å². The Balaban J connectivity index is 1.25. The van der Waals surface area contributed by atoms with Crippen molar-refractivity contribution in [2.45, 2.75) is 5.41 Å². The molecule has 0 unspecified atom stereocenters. The lowest BCUT2D eigenvalue weighted by Crippen LogP contribution is -2.26. The molecule has 13 aromatic rings. The average molecular weight is 800 g/mol. The summed E-state index contributed by atoms with van der Waals surface area (Å²) in [5, 5.41) is 7.27. The van der Waals surface area contributed by atoms with E-state index in [4.69, 9.17) is 15.0 Å². The maximum Gasteiger partial charge on any atom is 0.164 e. The molecular formula is C58H33N5. The molecule has 290 valence electrons. The highest BCUT2D eigenvalue weighted by Crippen LogP contribution is 2.63. The van der Waals surface area contributed by atoms with Crippen molar-refractivity contribution in [3.05, 3.63) is 222 Å². The Morgan fingerprint density at radius 3 is 1.49 bits per heavy atom. The Hall–Kier alpha value is -8.41. The second-order valence-electron chi connectivity index (χ2n) is 17.0. The van der Waals surface area contributed by atoms with Gasteiger partial charge in [0.2, 0.25) is 0 Å². The van der Waals surface area contributed by atoms with E-state index in [1.807, 2.05) is 36.4 Å². The monoisotopic (exact) mass is 799 g/mol. The molecule has 0 N–H and O–H groups in total. The van der Waals surface area contributed by atoms with Crippen LogP contribution in [0.2, 0.25) is 0 Å². The van der Waals surface area contributed by atoms with Crippen molar-refractivity contribution < 1.29 is 0 Å². The smallest absolute Gasteiger partial charge is 0.164 e. The molecule has 4 aromatic heterocycles. The molecular weight excluding hydrogens is 767 g/mol. The molecule has 2 aliphatic rings. The highest BCUT2D eigenvalue weighted by molar-refractivity contribution is 6.29. The zero-order chi connectivity index (χ0) is 41.0. The van der Waals surface area contributed by atoms with Crippen molar-refractivity contribution in [3.8, 4) is 45.3 Å². The van der Waals surface area contributed by atoms with Crippen LogP contribution in [0, 0.1) is 0 Å². The van der Waals surface area contributed by atoms with Crippen LogP contribution in [0.15, 0.2) is 200 Å². The number of hydrogen-bond acceptors (Lipinski definition) is 3. The van der Waals surface area contributed by atoms with Crippen molar-refractivity contribution in [1.82, 2.24) is 23.8 Å². The highest BCUT2D eigenvalue weighted by Gasteiger charge is 2.51. The lowest BCUT2D eigenvalue weighted by atomic mass is 9.70. The van der Waals surface area contributed by atoms with Crippen molar-refractivity contribution >= 4 is 65.4 Å². The summed E-state index contributed by atoms with van der Waals surface area (Å²) in [7, 11) is 0. The van der Waals surface area contributed by atoms with Gasteiger partial charge in [0.15, 0.2) is 17.5 Å². The summed E-state index contributed by atoms with van der Waals surface area (Å²) in [5.41, 5.74) is 16.9. The zero-order valence-electron chi connectivity index (χ0n) is 33.8. The molecule has 9 aromatic carbocycles. The molecule has 0 bridgehead atoms. The average Bonchev–Trinajstić information content (AvgIpc) is 4.06. The van der Waals surface area contributed by atoms with Gasteiger partial charge in [-0.05, 0) is 63.7 Å². The first-order valence-electron chi connectivity index (χ1n) is 21.6. The fourth-order valence-corrected chi connectivity index (χ4v) is 11.8. The van der Waals surface area contributed by atoms with Crippen LogP contribution >= 0.6 is 0 Å². The quantitative estimate of drug-likeness (QED) is 0.179. The second-order valence-corrected chi connectivity index (χ2v) is 17.0. The first-order chi connectivity index (χ1) is 31.3. The Bertz CT molecular complexity index is 4040. The molecule has 0 saturated heterocycles. The van der Waals surface area contributed by atoms with E-state index in [0.717, 1.165) is 38.5 Å². The third kappa shape index (κ3) is 4.05. The van der Waals surface area contributed by atoms with E-state index in [9.17, 15) is 0 Å². The van der Waals surface area contributed by atoms with Crippen molar-refractivity contribution in [2.75, 3.05) is 0 Å². The zero-order valence-corrected chi connectivity index (χ0v) is 33.8. The van der Waals surface area contributed by atoms with Crippen LogP contribution in [-0.2, 0) is 5.41 Å². The Morgan fingerprint density at radius 2 is 0.794 bits per heavy atom. The summed E-state index contributed by atoms with van der Waals surface area (Å²) in [4.78, 5) is 16.1. The SMILES string of the molecule is c1ccc(-c2nc(-c3ccccc3)nc(-c3cc4c5c6c(cccc6n6c7ccccc7c7cccc(c76)n6c7ccccc7c3c56)C43c4ccccc4-c4ccccc43)n2)cc1. The predicted molar refractivity (Wildman–Crippen MR) is 256 cm³/mol. The van der Waals surface area contributed by atoms with Crippen LogP contribution in [0.4, 0.5) is 0 Å². The minimum absolute atomic E-state index is 0.631. The lowest BCUT2D eigenvalue weighted by Gasteiger charge is -2.31. The molecule has 1 spiro atoms. The molecule has 0 aliphatic heterocycles. The van der Waals surface area contributed by atoms with Gasteiger partial charge in [-0.25, -0.2) is 15.0 Å². The number of para-hydroxylation sites is 3. The van der Waals surface area contributed by atoms with Gasteiger partial charge in [-0.1, -0.05) is 170 Å². The Morgan fingerprint density at radius 1 is 0.302 bits per heavy atom. The first kappa shape index (κ1) is 33.3. The first-order valence-corrected chi connectivity index (χ1v) is 21.6. The van der Waals surface area contributed by atoms with Gasteiger partial charge in [-0.3, -0.25) is 0 Å². The fraction of sp³-hybridized carbons (Fsp3) is 0.0172. The van der Waals surface area contributed by atoms with Gasteiger partial charge in [0.25, 0.3) is 0 Å². The lowest BCUT2D eigenvalue weighted by molar-refractivity contribution is 0.797. The third-order valence-corrected chi connectivity index (χ3v) is 14.1. The molecule has 5 heteroatoms.